The van der Waals surface area contributed by atoms with Crippen molar-refractivity contribution in [3.05, 3.63) is 82.8 Å². The van der Waals surface area contributed by atoms with E-state index in [1.807, 2.05) is 42.5 Å². The van der Waals surface area contributed by atoms with Crippen LogP contribution in [-0.4, -0.2) is 15.8 Å². The average molecular weight is 406 g/mol. The molecule has 0 aliphatic heterocycles. The van der Waals surface area contributed by atoms with E-state index in [1.165, 1.54) is 17.4 Å². The summed E-state index contributed by atoms with van der Waals surface area (Å²) in [7, 11) is 0. The van der Waals surface area contributed by atoms with Crippen molar-refractivity contribution < 1.29 is 9.21 Å². The lowest BCUT2D eigenvalue weighted by Crippen LogP contribution is -1.96. The highest BCUT2D eigenvalue weighted by Crippen LogP contribution is 2.40. The number of nitriles is 2. The predicted octanol–water partition coefficient (Wildman–Crippen LogP) is 5.03. The van der Waals surface area contributed by atoms with Gasteiger partial charge >= 0.3 is 0 Å². The van der Waals surface area contributed by atoms with Gasteiger partial charge in [-0.25, -0.2) is 0 Å². The maximum atomic E-state index is 12.9. The number of oxazole rings is 1. The van der Waals surface area contributed by atoms with Crippen LogP contribution in [0.25, 0.3) is 32.8 Å². The van der Waals surface area contributed by atoms with Crippen molar-refractivity contribution in [1.29, 1.82) is 10.5 Å². The number of aromatic nitrogens is 2. The van der Waals surface area contributed by atoms with Crippen LogP contribution >= 0.6 is 11.3 Å². The van der Waals surface area contributed by atoms with Crippen molar-refractivity contribution in [3.63, 3.8) is 0 Å². The minimum atomic E-state index is -0.275. The number of thiazole rings is 1. The third kappa shape index (κ3) is 2.74. The summed E-state index contributed by atoms with van der Waals surface area (Å²) in [5.41, 5.74) is 2.74. The van der Waals surface area contributed by atoms with Crippen LogP contribution in [0.1, 0.15) is 21.8 Å². The Labute approximate surface area is 174 Å². The molecule has 0 saturated heterocycles. The zero-order valence-electron chi connectivity index (χ0n) is 15.3. The third-order valence-corrected chi connectivity index (χ3v) is 5.69. The Bertz CT molecular complexity index is 1430. The van der Waals surface area contributed by atoms with E-state index >= 15 is 0 Å². The van der Waals surface area contributed by atoms with E-state index in [0.29, 0.717) is 27.2 Å². The Morgan fingerprint density at radius 2 is 1.67 bits per heavy atom. The molecule has 0 atom stereocenters. The van der Waals surface area contributed by atoms with Crippen molar-refractivity contribution in [3.8, 4) is 22.7 Å². The maximum Gasteiger partial charge on any atom is 0.259 e. The zero-order chi connectivity index (χ0) is 20.7. The van der Waals surface area contributed by atoms with Gasteiger partial charge in [0.15, 0.2) is 10.6 Å². The quantitative estimate of drug-likeness (QED) is 0.341. The molecule has 5 rings (SSSR count). The van der Waals surface area contributed by atoms with Gasteiger partial charge in [-0.1, -0.05) is 65.9 Å². The summed E-state index contributed by atoms with van der Waals surface area (Å²) >= 11 is 1.39. The first-order valence-electron chi connectivity index (χ1n) is 8.93. The molecule has 0 amide bonds. The van der Waals surface area contributed by atoms with Gasteiger partial charge in [0.1, 0.15) is 22.7 Å². The Morgan fingerprint density at radius 1 is 0.967 bits per heavy atom. The van der Waals surface area contributed by atoms with Crippen LogP contribution in [0.15, 0.2) is 70.2 Å². The molecule has 0 N–H and O–H groups in total. The smallest absolute Gasteiger partial charge is 0.259 e. The van der Waals surface area contributed by atoms with Crippen LogP contribution in [0.2, 0.25) is 0 Å². The van der Waals surface area contributed by atoms with E-state index in [-0.39, 0.29) is 22.8 Å². The van der Waals surface area contributed by atoms with Crippen molar-refractivity contribution in [1.82, 2.24) is 9.97 Å². The lowest BCUT2D eigenvalue weighted by Gasteiger charge is -2.00. The van der Waals surface area contributed by atoms with E-state index in [9.17, 15) is 15.3 Å². The molecule has 7 heteroatoms. The fourth-order valence-electron chi connectivity index (χ4n) is 3.39. The minimum Gasteiger partial charge on any atom is -0.417 e. The van der Waals surface area contributed by atoms with Gasteiger partial charge < -0.3 is 4.42 Å². The van der Waals surface area contributed by atoms with Crippen LogP contribution < -0.4 is 0 Å². The van der Waals surface area contributed by atoms with E-state index < -0.39 is 0 Å². The molecular formula is C23H10N4O2S. The largest absolute Gasteiger partial charge is 0.417 e. The normalized spacial score (nSPS) is 14.0. The van der Waals surface area contributed by atoms with Crippen molar-refractivity contribution in [2.24, 2.45) is 0 Å². The molecule has 0 spiro atoms. The van der Waals surface area contributed by atoms with Crippen LogP contribution in [-0.2, 0) is 0 Å². The summed E-state index contributed by atoms with van der Waals surface area (Å²) in [4.78, 5) is 22.5. The Morgan fingerprint density at radius 3 is 2.37 bits per heavy atom. The van der Waals surface area contributed by atoms with Crippen molar-refractivity contribution in [2.75, 3.05) is 0 Å². The number of allylic oxidation sites excluding steroid dienone is 3. The van der Waals surface area contributed by atoms with Gasteiger partial charge in [0.05, 0.1) is 0 Å². The molecule has 2 heterocycles. The lowest BCUT2D eigenvalue weighted by molar-refractivity contribution is 0.104. The number of rotatable bonds is 2. The summed E-state index contributed by atoms with van der Waals surface area (Å²) in [5.74, 6) is -0.0738. The van der Waals surface area contributed by atoms with Crippen LogP contribution in [0, 0.1) is 22.7 Å². The van der Waals surface area contributed by atoms with Crippen molar-refractivity contribution in [2.45, 2.75) is 0 Å². The molecule has 30 heavy (non-hydrogen) atoms. The fourth-order valence-corrected chi connectivity index (χ4v) is 4.27. The number of fused-ring (bicyclic) bond motifs is 2. The SMILES string of the molecule is N#CC(C#N)=C1/C(=C/c2nc3sc(-c4ccccc4)nc3o2)C(=O)c2ccccc21. The number of hydrogen-bond acceptors (Lipinski definition) is 7. The highest BCUT2D eigenvalue weighted by molar-refractivity contribution is 7.21. The summed E-state index contributed by atoms with van der Waals surface area (Å²) < 4.78 is 5.75. The monoisotopic (exact) mass is 406 g/mol. The van der Waals surface area contributed by atoms with Gasteiger partial charge in [0.2, 0.25) is 5.89 Å². The number of hydrogen-bond donors (Lipinski definition) is 0. The van der Waals surface area contributed by atoms with Crippen LogP contribution in [0.3, 0.4) is 0 Å². The van der Waals surface area contributed by atoms with Crippen LogP contribution in [0.4, 0.5) is 0 Å². The molecule has 2 aromatic heterocycles. The topological polar surface area (TPSA) is 104 Å². The second-order valence-corrected chi connectivity index (χ2v) is 7.43. The van der Waals surface area contributed by atoms with E-state index in [2.05, 4.69) is 9.97 Å². The molecule has 0 saturated carbocycles. The molecule has 0 bridgehead atoms. The molecular weight excluding hydrogens is 396 g/mol. The van der Waals surface area contributed by atoms with Gasteiger partial charge in [-0.3, -0.25) is 4.79 Å². The van der Waals surface area contributed by atoms with Crippen molar-refractivity contribution >= 4 is 39.3 Å². The Hall–Kier alpha value is -4.33. The minimum absolute atomic E-state index is 0.127. The maximum absolute atomic E-state index is 12.9. The first-order chi connectivity index (χ1) is 14.7. The third-order valence-electron chi connectivity index (χ3n) is 4.71. The van der Waals surface area contributed by atoms with E-state index in [0.717, 1.165) is 10.6 Å². The number of carbonyl (C=O) groups is 1. The fraction of sp³-hybridized carbons (Fsp3) is 0. The molecule has 1 aliphatic carbocycles. The summed E-state index contributed by atoms with van der Waals surface area (Å²) in [6.07, 6.45) is 1.48. The zero-order valence-corrected chi connectivity index (χ0v) is 16.1. The summed E-state index contributed by atoms with van der Waals surface area (Å²) in [5, 5.41) is 19.6. The number of carbonyl (C=O) groups excluding carboxylic acids is 1. The summed E-state index contributed by atoms with van der Waals surface area (Å²) in [6, 6.07) is 20.4. The molecule has 0 unspecified atom stereocenters. The number of ketones is 1. The standard InChI is InChI=1S/C23H10N4O2S/c24-11-14(12-25)19-15-8-4-5-9-16(15)20(28)17(19)10-18-26-23-21(29-18)27-22(30-23)13-6-2-1-3-7-13/h1-10H/b17-10-. The number of Topliss-reactive ketones (excluding diaryl/α,β-unsaturated/α-hetero) is 1. The second kappa shape index (κ2) is 6.93. The number of benzene rings is 2. The first kappa shape index (κ1) is 17.7. The average Bonchev–Trinajstić information content (AvgIpc) is 3.42. The van der Waals surface area contributed by atoms with E-state index in [4.69, 9.17) is 4.42 Å². The highest BCUT2D eigenvalue weighted by atomic mass is 32.1. The van der Waals surface area contributed by atoms with Gasteiger partial charge in [-0.2, -0.15) is 20.5 Å². The van der Waals surface area contributed by atoms with Crippen LogP contribution in [0.5, 0.6) is 0 Å². The summed E-state index contributed by atoms with van der Waals surface area (Å²) in [6.45, 7) is 0. The Kier molecular flexibility index (Phi) is 4.10. The molecule has 0 radical (unpaired) electrons. The molecule has 0 fully saturated rings. The molecule has 4 aromatic rings. The lowest BCUT2D eigenvalue weighted by atomic mass is 9.99. The van der Waals surface area contributed by atoms with E-state index in [1.54, 1.807) is 24.3 Å². The van der Waals surface area contributed by atoms with Gasteiger partial charge in [0, 0.05) is 28.3 Å². The Balaban J connectivity index is 1.62. The second-order valence-electron chi connectivity index (χ2n) is 6.45. The first-order valence-corrected chi connectivity index (χ1v) is 9.74. The molecule has 1 aliphatic rings. The van der Waals surface area contributed by atoms with Gasteiger partial charge in [-0.05, 0) is 5.56 Å². The predicted molar refractivity (Wildman–Crippen MR) is 112 cm³/mol. The van der Waals surface area contributed by atoms with Gasteiger partial charge in [0.25, 0.3) is 5.71 Å². The number of nitrogens with zero attached hydrogens (tertiary/aromatic N) is 4. The molecule has 2 aromatic carbocycles. The molecule has 140 valence electrons. The molecule has 6 nitrogen and oxygen atoms in total. The van der Waals surface area contributed by atoms with Gasteiger partial charge in [-0.15, -0.1) is 0 Å². The highest BCUT2D eigenvalue weighted by Gasteiger charge is 2.32.